The van der Waals surface area contributed by atoms with E-state index in [0.717, 1.165) is 25.6 Å². The Morgan fingerprint density at radius 3 is 1.89 bits per heavy atom. The first kappa shape index (κ1) is 21.6. The van der Waals surface area contributed by atoms with Gasteiger partial charge in [-0.1, -0.05) is 65.7 Å². The molecule has 0 heterocycles. The highest BCUT2D eigenvalue weighted by Crippen LogP contribution is 2.16. The second-order valence-electron chi connectivity index (χ2n) is 5.47. The van der Waals surface area contributed by atoms with E-state index in [4.69, 9.17) is 4.74 Å². The zero-order chi connectivity index (χ0) is 14.8. The molecule has 0 spiro atoms. The van der Waals surface area contributed by atoms with Crippen molar-refractivity contribution in [2.75, 3.05) is 25.7 Å². The van der Waals surface area contributed by atoms with Gasteiger partial charge in [-0.15, -0.1) is 0 Å². The first-order valence-corrected chi connectivity index (χ1v) is 9.83. The van der Waals surface area contributed by atoms with Gasteiger partial charge in [-0.25, -0.2) is 0 Å². The Morgan fingerprint density at radius 1 is 0.789 bits per heavy atom. The maximum Gasteiger partial charge on any atom is 0.0466 e. The van der Waals surface area contributed by atoms with Gasteiger partial charge in [-0.05, 0) is 31.3 Å². The molecule has 19 heavy (non-hydrogen) atoms. The van der Waals surface area contributed by atoms with Gasteiger partial charge < -0.3 is 4.74 Å². The number of thioether (sulfide) groups is 1. The highest BCUT2D eigenvalue weighted by molar-refractivity contribution is 7.97. The molecule has 118 valence electrons. The fourth-order valence-electron chi connectivity index (χ4n) is 2.01. The van der Waals surface area contributed by atoms with Gasteiger partial charge in [0, 0.05) is 13.2 Å². The summed E-state index contributed by atoms with van der Waals surface area (Å²) in [6.07, 6.45) is 16.3. The second kappa shape index (κ2) is 20.6. The SMILES string of the molecule is CCCCCCC(C)CCCCOCCC.CSC. The van der Waals surface area contributed by atoms with Crippen LogP contribution >= 0.6 is 11.8 Å². The summed E-state index contributed by atoms with van der Waals surface area (Å²) in [6, 6.07) is 0. The molecule has 0 aliphatic rings. The summed E-state index contributed by atoms with van der Waals surface area (Å²) in [5.41, 5.74) is 0. The van der Waals surface area contributed by atoms with E-state index < -0.39 is 0 Å². The fraction of sp³-hybridized carbons (Fsp3) is 1.00. The number of rotatable bonds is 12. The normalized spacial score (nSPS) is 11.8. The molecule has 0 aromatic heterocycles. The molecule has 0 radical (unpaired) electrons. The molecule has 0 aromatic rings. The maximum atomic E-state index is 5.48. The Kier molecular flexibility index (Phi) is 23.5. The van der Waals surface area contributed by atoms with Gasteiger partial charge >= 0.3 is 0 Å². The predicted octanol–water partition coefficient (Wildman–Crippen LogP) is 6.17. The molecule has 0 saturated heterocycles. The van der Waals surface area contributed by atoms with Gasteiger partial charge in [0.25, 0.3) is 0 Å². The molecule has 0 N–H and O–H groups in total. The summed E-state index contributed by atoms with van der Waals surface area (Å²) >= 11 is 1.75. The smallest absolute Gasteiger partial charge is 0.0466 e. The van der Waals surface area contributed by atoms with Crippen molar-refractivity contribution in [3.8, 4) is 0 Å². The standard InChI is InChI=1S/C15H32O.C2H6S/c1-4-6-7-8-11-15(3)12-9-10-14-16-13-5-2;1-3-2/h15H,4-14H2,1-3H3;1-2H3. The van der Waals surface area contributed by atoms with Crippen LogP contribution in [0.5, 0.6) is 0 Å². The third kappa shape index (κ3) is 23.8. The zero-order valence-corrected chi connectivity index (χ0v) is 15.0. The minimum Gasteiger partial charge on any atom is -0.381 e. The summed E-state index contributed by atoms with van der Waals surface area (Å²) in [7, 11) is 0. The van der Waals surface area contributed by atoms with Gasteiger partial charge in [0.1, 0.15) is 0 Å². The highest BCUT2D eigenvalue weighted by atomic mass is 32.2. The molecule has 0 aliphatic carbocycles. The van der Waals surface area contributed by atoms with Crippen LogP contribution in [0.3, 0.4) is 0 Å². The van der Waals surface area contributed by atoms with Gasteiger partial charge in [-0.2, -0.15) is 11.8 Å². The quantitative estimate of drug-likeness (QED) is 0.397. The lowest BCUT2D eigenvalue weighted by Gasteiger charge is -2.10. The van der Waals surface area contributed by atoms with Crippen LogP contribution in [0.4, 0.5) is 0 Å². The highest BCUT2D eigenvalue weighted by Gasteiger charge is 2.01. The van der Waals surface area contributed by atoms with Gasteiger partial charge in [0.15, 0.2) is 0 Å². The van der Waals surface area contributed by atoms with E-state index in [1.165, 1.54) is 51.4 Å². The van der Waals surface area contributed by atoms with Crippen molar-refractivity contribution in [3.63, 3.8) is 0 Å². The largest absolute Gasteiger partial charge is 0.381 e. The van der Waals surface area contributed by atoms with Crippen molar-refractivity contribution in [1.82, 2.24) is 0 Å². The molecule has 0 bridgehead atoms. The molecule has 1 nitrogen and oxygen atoms in total. The first-order chi connectivity index (χ1) is 9.22. The third-order valence-corrected chi connectivity index (χ3v) is 3.13. The van der Waals surface area contributed by atoms with E-state index in [0.29, 0.717) is 0 Å². The molecule has 0 aromatic carbocycles. The second-order valence-corrected chi connectivity index (χ2v) is 6.29. The van der Waals surface area contributed by atoms with Crippen LogP contribution in [-0.4, -0.2) is 25.7 Å². The Morgan fingerprint density at radius 2 is 1.37 bits per heavy atom. The van der Waals surface area contributed by atoms with E-state index in [2.05, 4.69) is 20.8 Å². The minimum absolute atomic E-state index is 0.919. The van der Waals surface area contributed by atoms with Crippen LogP contribution in [0.25, 0.3) is 0 Å². The minimum atomic E-state index is 0.919. The van der Waals surface area contributed by atoms with Crippen LogP contribution in [0, 0.1) is 5.92 Å². The molecule has 0 saturated carbocycles. The molecule has 1 atom stereocenters. The molecule has 0 aliphatic heterocycles. The van der Waals surface area contributed by atoms with Crippen molar-refractivity contribution in [2.45, 2.75) is 78.6 Å². The monoisotopic (exact) mass is 290 g/mol. The van der Waals surface area contributed by atoms with E-state index in [1.54, 1.807) is 11.8 Å². The molecular formula is C17H38OS. The summed E-state index contributed by atoms with van der Waals surface area (Å²) in [5.74, 6) is 0.919. The Balaban J connectivity index is 0. The topological polar surface area (TPSA) is 9.23 Å². The van der Waals surface area contributed by atoms with Gasteiger partial charge in [0.2, 0.25) is 0 Å². The maximum absolute atomic E-state index is 5.48. The number of ether oxygens (including phenoxy) is 1. The molecule has 2 heteroatoms. The van der Waals surface area contributed by atoms with Crippen molar-refractivity contribution in [3.05, 3.63) is 0 Å². The van der Waals surface area contributed by atoms with E-state index in [1.807, 2.05) is 12.5 Å². The van der Waals surface area contributed by atoms with Crippen LogP contribution in [0.2, 0.25) is 0 Å². The fourth-order valence-corrected chi connectivity index (χ4v) is 2.01. The predicted molar refractivity (Wildman–Crippen MR) is 92.3 cm³/mol. The van der Waals surface area contributed by atoms with E-state index in [9.17, 15) is 0 Å². The van der Waals surface area contributed by atoms with Crippen molar-refractivity contribution >= 4 is 11.8 Å². The van der Waals surface area contributed by atoms with E-state index in [-0.39, 0.29) is 0 Å². The van der Waals surface area contributed by atoms with Crippen molar-refractivity contribution < 1.29 is 4.74 Å². The van der Waals surface area contributed by atoms with Crippen LogP contribution in [-0.2, 0) is 4.74 Å². The number of unbranched alkanes of at least 4 members (excludes halogenated alkanes) is 4. The van der Waals surface area contributed by atoms with E-state index >= 15 is 0 Å². The number of hydrogen-bond acceptors (Lipinski definition) is 2. The van der Waals surface area contributed by atoms with Crippen LogP contribution in [0.1, 0.15) is 78.6 Å². The van der Waals surface area contributed by atoms with Crippen LogP contribution < -0.4 is 0 Å². The molecule has 0 rings (SSSR count). The van der Waals surface area contributed by atoms with Crippen molar-refractivity contribution in [2.24, 2.45) is 5.92 Å². The van der Waals surface area contributed by atoms with Gasteiger partial charge in [0.05, 0.1) is 0 Å². The first-order valence-electron chi connectivity index (χ1n) is 8.20. The third-order valence-electron chi connectivity index (χ3n) is 3.13. The lowest BCUT2D eigenvalue weighted by Crippen LogP contribution is -1.99. The number of hydrogen-bond donors (Lipinski definition) is 0. The average molecular weight is 291 g/mol. The summed E-state index contributed by atoms with van der Waals surface area (Å²) in [6.45, 7) is 8.75. The van der Waals surface area contributed by atoms with Crippen molar-refractivity contribution in [1.29, 1.82) is 0 Å². The molecular weight excluding hydrogens is 252 g/mol. The Bertz CT molecular complexity index is 139. The summed E-state index contributed by atoms with van der Waals surface area (Å²) < 4.78 is 5.48. The van der Waals surface area contributed by atoms with Crippen LogP contribution in [0.15, 0.2) is 0 Å². The molecule has 0 fully saturated rings. The summed E-state index contributed by atoms with van der Waals surface area (Å²) in [5, 5.41) is 0. The molecule has 1 unspecified atom stereocenters. The summed E-state index contributed by atoms with van der Waals surface area (Å²) in [4.78, 5) is 0. The molecule has 0 amide bonds. The lowest BCUT2D eigenvalue weighted by atomic mass is 9.97. The lowest BCUT2D eigenvalue weighted by molar-refractivity contribution is 0.129. The van der Waals surface area contributed by atoms with Gasteiger partial charge in [-0.3, -0.25) is 0 Å². The average Bonchev–Trinajstić information content (AvgIpc) is 2.40. The Labute approximate surface area is 127 Å². The zero-order valence-electron chi connectivity index (χ0n) is 14.2. The Hall–Kier alpha value is 0.310.